The van der Waals surface area contributed by atoms with Gasteiger partial charge in [-0.2, -0.15) is 5.10 Å². The second kappa shape index (κ2) is 8.37. The van der Waals surface area contributed by atoms with Gasteiger partial charge in [0.1, 0.15) is 17.3 Å². The van der Waals surface area contributed by atoms with Gasteiger partial charge in [-0.25, -0.2) is 0 Å². The van der Waals surface area contributed by atoms with Crippen LogP contribution in [-0.4, -0.2) is 18.2 Å². The summed E-state index contributed by atoms with van der Waals surface area (Å²) in [5.41, 5.74) is 4.29. The molecule has 8 heteroatoms. The number of benzene rings is 2. The molecule has 1 heterocycles. The normalized spacial score (nSPS) is 10.9. The lowest BCUT2D eigenvalue weighted by atomic mass is 10.1. The molecule has 2 aromatic carbocycles. The van der Waals surface area contributed by atoms with Crippen LogP contribution in [-0.2, 0) is 6.54 Å². The van der Waals surface area contributed by atoms with E-state index in [4.69, 9.17) is 20.8 Å². The number of nitrogens with one attached hydrogen (secondary N) is 1. The van der Waals surface area contributed by atoms with Crippen molar-refractivity contribution in [3.63, 3.8) is 0 Å². The van der Waals surface area contributed by atoms with Crippen LogP contribution in [0.4, 0.5) is 5.69 Å². The highest BCUT2D eigenvalue weighted by atomic mass is 35.5. The van der Waals surface area contributed by atoms with Gasteiger partial charge in [0.2, 0.25) is 0 Å². The van der Waals surface area contributed by atoms with E-state index in [2.05, 4.69) is 10.5 Å². The summed E-state index contributed by atoms with van der Waals surface area (Å²) in [6, 6.07) is 15.2. The summed E-state index contributed by atoms with van der Waals surface area (Å²) in [6.45, 7) is 0.491. The van der Waals surface area contributed by atoms with E-state index >= 15 is 0 Å². The Morgan fingerprint density at radius 1 is 1.26 bits per heavy atom. The lowest BCUT2D eigenvalue weighted by molar-refractivity contribution is -0.384. The Balaban J connectivity index is 1.68. The fourth-order valence-corrected chi connectivity index (χ4v) is 2.68. The molecule has 0 saturated heterocycles. The van der Waals surface area contributed by atoms with Crippen LogP contribution in [0.25, 0.3) is 11.3 Å². The molecule has 0 amide bonds. The van der Waals surface area contributed by atoms with Gasteiger partial charge in [0, 0.05) is 23.3 Å². The SMILES string of the molecule is COc1ccccc1CN/N=C\c1ccc(-c2cc([N+](=O)[O-])ccc2Cl)o1. The quantitative estimate of drug-likeness (QED) is 0.363. The van der Waals surface area contributed by atoms with Crippen molar-refractivity contribution in [2.45, 2.75) is 6.54 Å². The number of methoxy groups -OCH3 is 1. The van der Waals surface area contributed by atoms with Crippen LogP contribution in [0.3, 0.4) is 0 Å². The van der Waals surface area contributed by atoms with Gasteiger partial charge in [-0.05, 0) is 24.3 Å². The van der Waals surface area contributed by atoms with E-state index in [0.29, 0.717) is 28.7 Å². The number of hydrogen-bond donors (Lipinski definition) is 1. The molecule has 0 aliphatic carbocycles. The number of rotatable bonds is 7. The first-order valence-electron chi connectivity index (χ1n) is 8.00. The molecular weight excluding hydrogens is 370 g/mol. The molecule has 138 valence electrons. The number of non-ortho nitro benzene ring substituents is 1. The van der Waals surface area contributed by atoms with Gasteiger partial charge in [0.05, 0.1) is 29.8 Å². The van der Waals surface area contributed by atoms with Crippen molar-refractivity contribution in [1.29, 1.82) is 0 Å². The molecule has 0 aliphatic rings. The van der Waals surface area contributed by atoms with Crippen LogP contribution < -0.4 is 10.2 Å². The maximum atomic E-state index is 10.9. The number of halogens is 1. The third-order valence-corrected chi connectivity index (χ3v) is 4.13. The van der Waals surface area contributed by atoms with E-state index in [1.165, 1.54) is 24.4 Å². The minimum absolute atomic E-state index is 0.0560. The average molecular weight is 386 g/mol. The van der Waals surface area contributed by atoms with Crippen molar-refractivity contribution in [3.8, 4) is 17.1 Å². The van der Waals surface area contributed by atoms with Crippen LogP contribution in [0.5, 0.6) is 5.75 Å². The summed E-state index contributed by atoms with van der Waals surface area (Å²) < 4.78 is 10.9. The molecule has 0 spiro atoms. The molecule has 1 N–H and O–H groups in total. The number of nitro benzene ring substituents is 1. The molecule has 3 rings (SSSR count). The second-order valence-electron chi connectivity index (χ2n) is 5.53. The van der Waals surface area contributed by atoms with Crippen molar-refractivity contribution in [2.24, 2.45) is 5.10 Å². The van der Waals surface area contributed by atoms with Crippen LogP contribution in [0, 0.1) is 10.1 Å². The van der Waals surface area contributed by atoms with Crippen molar-refractivity contribution in [1.82, 2.24) is 5.43 Å². The highest BCUT2D eigenvalue weighted by molar-refractivity contribution is 6.33. The Kier molecular flexibility index (Phi) is 5.73. The first kappa shape index (κ1) is 18.5. The Bertz CT molecular complexity index is 985. The smallest absolute Gasteiger partial charge is 0.270 e. The highest BCUT2D eigenvalue weighted by Gasteiger charge is 2.14. The Hall–Kier alpha value is -3.32. The van der Waals surface area contributed by atoms with Crippen molar-refractivity contribution in [2.75, 3.05) is 7.11 Å². The zero-order valence-corrected chi connectivity index (χ0v) is 15.1. The van der Waals surface area contributed by atoms with E-state index in [1.54, 1.807) is 19.2 Å². The van der Waals surface area contributed by atoms with Crippen molar-refractivity contribution in [3.05, 3.63) is 81.1 Å². The Morgan fingerprint density at radius 3 is 2.85 bits per heavy atom. The number of furan rings is 1. The average Bonchev–Trinajstić information content (AvgIpc) is 3.14. The molecule has 27 heavy (non-hydrogen) atoms. The molecule has 0 saturated carbocycles. The molecule has 0 atom stereocenters. The number of nitrogens with zero attached hydrogens (tertiary/aromatic N) is 2. The van der Waals surface area contributed by atoms with Gasteiger partial charge in [-0.3, -0.25) is 10.1 Å². The number of nitro groups is 1. The molecule has 1 aromatic heterocycles. The first-order valence-corrected chi connectivity index (χ1v) is 8.38. The summed E-state index contributed by atoms with van der Waals surface area (Å²) in [5, 5.41) is 15.4. The standard InChI is InChI=1S/C19H16ClN3O4/c1-26-18-5-3-2-4-13(18)11-21-22-12-15-7-9-19(27-15)16-10-14(23(24)25)6-8-17(16)20/h2-10,12,21H,11H2,1H3/b22-12-. The largest absolute Gasteiger partial charge is 0.496 e. The van der Waals surface area contributed by atoms with Gasteiger partial charge in [0.15, 0.2) is 0 Å². The monoisotopic (exact) mass is 385 g/mol. The third kappa shape index (κ3) is 4.45. The zero-order chi connectivity index (χ0) is 19.2. The van der Waals surface area contributed by atoms with Crippen LogP contribution >= 0.6 is 11.6 Å². The van der Waals surface area contributed by atoms with E-state index < -0.39 is 4.92 Å². The molecular formula is C19H16ClN3O4. The predicted octanol–water partition coefficient (Wildman–Crippen LogP) is 4.64. The van der Waals surface area contributed by atoms with Crippen molar-refractivity contribution < 1.29 is 14.1 Å². The molecule has 0 fully saturated rings. The van der Waals surface area contributed by atoms with Gasteiger partial charge in [-0.1, -0.05) is 29.8 Å². The van der Waals surface area contributed by atoms with Gasteiger partial charge < -0.3 is 14.6 Å². The predicted molar refractivity (Wildman–Crippen MR) is 103 cm³/mol. The second-order valence-corrected chi connectivity index (χ2v) is 5.94. The fraction of sp³-hybridized carbons (Fsp3) is 0.105. The van der Waals surface area contributed by atoms with Crippen LogP contribution in [0.15, 0.2) is 64.1 Å². The van der Waals surface area contributed by atoms with Crippen LogP contribution in [0.1, 0.15) is 11.3 Å². The maximum absolute atomic E-state index is 10.9. The van der Waals surface area contributed by atoms with Gasteiger partial charge >= 0.3 is 0 Å². The van der Waals surface area contributed by atoms with E-state index in [9.17, 15) is 10.1 Å². The summed E-state index contributed by atoms with van der Waals surface area (Å²) in [7, 11) is 1.62. The number of hydrogen-bond acceptors (Lipinski definition) is 6. The molecule has 3 aromatic rings. The van der Waals surface area contributed by atoms with E-state index in [0.717, 1.165) is 11.3 Å². The topological polar surface area (TPSA) is 89.9 Å². The lowest BCUT2D eigenvalue weighted by Gasteiger charge is -2.06. The number of ether oxygens (including phenoxy) is 1. The number of para-hydroxylation sites is 1. The first-order chi connectivity index (χ1) is 13.1. The molecule has 0 aliphatic heterocycles. The Morgan fingerprint density at radius 2 is 2.07 bits per heavy atom. The van der Waals surface area contributed by atoms with E-state index in [-0.39, 0.29) is 5.69 Å². The lowest BCUT2D eigenvalue weighted by Crippen LogP contribution is -2.06. The highest BCUT2D eigenvalue weighted by Crippen LogP contribution is 2.32. The molecule has 0 bridgehead atoms. The Labute approximate surface area is 160 Å². The van der Waals surface area contributed by atoms with Gasteiger partial charge in [-0.15, -0.1) is 0 Å². The summed E-state index contributed by atoms with van der Waals surface area (Å²) in [4.78, 5) is 10.5. The summed E-state index contributed by atoms with van der Waals surface area (Å²) in [6.07, 6.45) is 1.52. The molecule has 0 radical (unpaired) electrons. The van der Waals surface area contributed by atoms with Crippen LogP contribution in [0.2, 0.25) is 5.02 Å². The molecule has 7 nitrogen and oxygen atoms in total. The van der Waals surface area contributed by atoms with E-state index in [1.807, 2.05) is 24.3 Å². The maximum Gasteiger partial charge on any atom is 0.270 e. The summed E-state index contributed by atoms with van der Waals surface area (Å²) in [5.74, 6) is 1.69. The fourth-order valence-electron chi connectivity index (χ4n) is 2.47. The third-order valence-electron chi connectivity index (χ3n) is 3.80. The minimum atomic E-state index is -0.479. The van der Waals surface area contributed by atoms with Gasteiger partial charge in [0.25, 0.3) is 5.69 Å². The number of hydrazone groups is 1. The minimum Gasteiger partial charge on any atom is -0.496 e. The summed E-state index contributed by atoms with van der Waals surface area (Å²) >= 11 is 6.13. The van der Waals surface area contributed by atoms with Crippen molar-refractivity contribution >= 4 is 23.5 Å². The molecule has 0 unspecified atom stereocenters. The zero-order valence-electron chi connectivity index (χ0n) is 14.4.